The molecule has 27 heavy (non-hydrogen) atoms. The summed E-state index contributed by atoms with van der Waals surface area (Å²) in [4.78, 5) is 8.72. The Hall–Kier alpha value is -2.70. The van der Waals surface area contributed by atoms with Gasteiger partial charge in [-0.2, -0.15) is 10.2 Å². The molecule has 0 saturated heterocycles. The van der Waals surface area contributed by atoms with E-state index in [-0.39, 0.29) is 17.3 Å². The molecule has 1 aromatic heterocycles. The van der Waals surface area contributed by atoms with Gasteiger partial charge in [0.2, 0.25) is 5.95 Å². The van der Waals surface area contributed by atoms with Crippen LogP contribution in [0.5, 0.6) is 0 Å². The van der Waals surface area contributed by atoms with E-state index >= 15 is 0 Å². The van der Waals surface area contributed by atoms with Crippen LogP contribution < -0.4 is 10.6 Å². The standard InChI is InChI=1S/C18H21N5O3S/c1-2-26-9-10-27(24,25)16-7-5-15(6-8-16)22-18-20-12-13(11-19)17(23-18)21-14-3-4-14/h5-8,12,14H,2-4,9-10H2,1H3,(H2,20,21,22,23). The monoisotopic (exact) mass is 387 g/mol. The molecule has 9 heteroatoms. The molecular weight excluding hydrogens is 366 g/mol. The predicted molar refractivity (Wildman–Crippen MR) is 102 cm³/mol. The highest BCUT2D eigenvalue weighted by Gasteiger charge is 2.23. The van der Waals surface area contributed by atoms with Gasteiger partial charge in [0.15, 0.2) is 9.84 Å². The molecule has 2 aromatic rings. The first-order chi connectivity index (χ1) is 13.0. The van der Waals surface area contributed by atoms with Crippen LogP contribution in [-0.4, -0.2) is 43.4 Å². The normalized spacial score (nSPS) is 13.8. The number of hydrogen-bond acceptors (Lipinski definition) is 8. The quantitative estimate of drug-likeness (QED) is 0.630. The van der Waals surface area contributed by atoms with Crippen molar-refractivity contribution < 1.29 is 13.2 Å². The van der Waals surface area contributed by atoms with E-state index in [0.29, 0.717) is 35.7 Å². The van der Waals surface area contributed by atoms with E-state index in [2.05, 4.69) is 26.7 Å². The van der Waals surface area contributed by atoms with Gasteiger partial charge in [0.05, 0.1) is 23.5 Å². The molecule has 142 valence electrons. The first kappa shape index (κ1) is 19.1. The lowest BCUT2D eigenvalue weighted by atomic mass is 10.3. The number of nitriles is 1. The van der Waals surface area contributed by atoms with Crippen molar-refractivity contribution in [1.29, 1.82) is 5.26 Å². The van der Waals surface area contributed by atoms with Gasteiger partial charge in [-0.1, -0.05) is 0 Å². The summed E-state index contributed by atoms with van der Waals surface area (Å²) in [6, 6.07) is 8.82. The molecule has 0 bridgehead atoms. The van der Waals surface area contributed by atoms with Crippen molar-refractivity contribution in [1.82, 2.24) is 9.97 Å². The zero-order valence-electron chi connectivity index (χ0n) is 15.0. The summed E-state index contributed by atoms with van der Waals surface area (Å²) in [7, 11) is -3.37. The van der Waals surface area contributed by atoms with E-state index in [4.69, 9.17) is 10.00 Å². The number of aromatic nitrogens is 2. The average molecular weight is 387 g/mol. The van der Waals surface area contributed by atoms with E-state index < -0.39 is 9.84 Å². The van der Waals surface area contributed by atoms with Crippen molar-refractivity contribution >= 4 is 27.3 Å². The fourth-order valence-corrected chi connectivity index (χ4v) is 3.48. The van der Waals surface area contributed by atoms with Crippen LogP contribution in [0.2, 0.25) is 0 Å². The van der Waals surface area contributed by atoms with E-state index in [0.717, 1.165) is 12.8 Å². The van der Waals surface area contributed by atoms with Crippen LogP contribution in [0, 0.1) is 11.3 Å². The summed E-state index contributed by atoms with van der Waals surface area (Å²) >= 11 is 0. The lowest BCUT2D eigenvalue weighted by Crippen LogP contribution is -2.12. The maximum absolute atomic E-state index is 12.2. The van der Waals surface area contributed by atoms with E-state index in [1.165, 1.54) is 18.3 Å². The minimum Gasteiger partial charge on any atom is -0.381 e. The Morgan fingerprint density at radius 3 is 2.67 bits per heavy atom. The summed E-state index contributed by atoms with van der Waals surface area (Å²) in [5, 5.41) is 15.4. The van der Waals surface area contributed by atoms with Crippen molar-refractivity contribution in [3.05, 3.63) is 36.0 Å². The second-order valence-corrected chi connectivity index (χ2v) is 8.26. The molecule has 0 amide bonds. The van der Waals surface area contributed by atoms with Crippen molar-refractivity contribution in [3.63, 3.8) is 0 Å². The zero-order chi connectivity index (χ0) is 19.3. The maximum atomic E-state index is 12.2. The van der Waals surface area contributed by atoms with Crippen LogP contribution in [0.1, 0.15) is 25.3 Å². The minimum absolute atomic E-state index is 0.0530. The van der Waals surface area contributed by atoms with Crippen molar-refractivity contribution in [2.45, 2.75) is 30.7 Å². The van der Waals surface area contributed by atoms with Gasteiger partial charge in [-0.25, -0.2) is 13.4 Å². The summed E-state index contributed by atoms with van der Waals surface area (Å²) in [5.41, 5.74) is 1.05. The Morgan fingerprint density at radius 1 is 1.30 bits per heavy atom. The maximum Gasteiger partial charge on any atom is 0.229 e. The Bertz CT molecular complexity index is 934. The Labute approximate surface area is 158 Å². The highest BCUT2D eigenvalue weighted by molar-refractivity contribution is 7.91. The molecule has 1 aliphatic rings. The first-order valence-electron chi connectivity index (χ1n) is 8.73. The third-order valence-electron chi connectivity index (χ3n) is 4.00. The predicted octanol–water partition coefficient (Wildman–Crippen LogP) is 2.48. The van der Waals surface area contributed by atoms with E-state index in [1.807, 2.05) is 6.92 Å². The van der Waals surface area contributed by atoms with Crippen molar-refractivity contribution in [3.8, 4) is 6.07 Å². The highest BCUT2D eigenvalue weighted by Crippen LogP contribution is 2.26. The van der Waals surface area contributed by atoms with Gasteiger partial charge in [0, 0.05) is 18.3 Å². The highest BCUT2D eigenvalue weighted by atomic mass is 32.2. The van der Waals surface area contributed by atoms with Gasteiger partial charge < -0.3 is 15.4 Å². The molecule has 0 unspecified atom stereocenters. The lowest BCUT2D eigenvalue weighted by Gasteiger charge is -2.10. The van der Waals surface area contributed by atoms with Crippen LogP contribution in [0.25, 0.3) is 0 Å². The molecule has 0 atom stereocenters. The van der Waals surface area contributed by atoms with Crippen molar-refractivity contribution in [2.24, 2.45) is 0 Å². The molecule has 8 nitrogen and oxygen atoms in total. The molecule has 1 saturated carbocycles. The third-order valence-corrected chi connectivity index (χ3v) is 5.69. The lowest BCUT2D eigenvalue weighted by molar-refractivity contribution is 0.163. The number of rotatable bonds is 9. The van der Waals surface area contributed by atoms with Gasteiger partial charge in [-0.05, 0) is 44.0 Å². The van der Waals surface area contributed by atoms with Gasteiger partial charge in [-0.3, -0.25) is 0 Å². The molecule has 2 N–H and O–H groups in total. The third kappa shape index (κ3) is 5.15. The number of nitrogens with one attached hydrogen (secondary N) is 2. The molecule has 1 aromatic carbocycles. The fraction of sp³-hybridized carbons (Fsp3) is 0.389. The summed E-state index contributed by atoms with van der Waals surface area (Å²) in [6.45, 7) is 2.49. The fourth-order valence-electron chi connectivity index (χ4n) is 2.36. The van der Waals surface area contributed by atoms with Crippen LogP contribution >= 0.6 is 0 Å². The Kier molecular flexibility index (Phi) is 5.88. The van der Waals surface area contributed by atoms with Crippen LogP contribution in [0.4, 0.5) is 17.5 Å². The molecule has 1 fully saturated rings. The molecule has 3 rings (SSSR count). The number of hydrogen-bond donors (Lipinski definition) is 2. The summed E-state index contributed by atoms with van der Waals surface area (Å²) in [5.74, 6) is 0.791. The molecule has 1 heterocycles. The van der Waals surface area contributed by atoms with E-state index in [1.54, 1.807) is 12.1 Å². The summed E-state index contributed by atoms with van der Waals surface area (Å²) < 4.78 is 29.6. The topological polar surface area (TPSA) is 117 Å². The first-order valence-corrected chi connectivity index (χ1v) is 10.4. The molecule has 0 aliphatic heterocycles. The molecule has 0 radical (unpaired) electrons. The number of anilines is 3. The van der Waals surface area contributed by atoms with Crippen LogP contribution in [0.3, 0.4) is 0 Å². The number of sulfone groups is 1. The van der Waals surface area contributed by atoms with Gasteiger partial charge >= 0.3 is 0 Å². The summed E-state index contributed by atoms with van der Waals surface area (Å²) in [6.07, 6.45) is 3.60. The number of ether oxygens (including phenoxy) is 1. The number of nitrogens with zero attached hydrogens (tertiary/aromatic N) is 3. The second-order valence-electron chi connectivity index (χ2n) is 6.15. The molecular formula is C18H21N5O3S. The number of benzene rings is 1. The Morgan fingerprint density at radius 2 is 2.04 bits per heavy atom. The van der Waals surface area contributed by atoms with Gasteiger partial charge in [0.25, 0.3) is 0 Å². The van der Waals surface area contributed by atoms with Crippen LogP contribution in [0.15, 0.2) is 35.4 Å². The molecule has 0 spiro atoms. The van der Waals surface area contributed by atoms with Crippen LogP contribution in [-0.2, 0) is 14.6 Å². The average Bonchev–Trinajstić information content (AvgIpc) is 3.47. The molecule has 1 aliphatic carbocycles. The SMILES string of the molecule is CCOCCS(=O)(=O)c1ccc(Nc2ncc(C#N)c(NC3CC3)n2)cc1. The van der Waals surface area contributed by atoms with Crippen molar-refractivity contribution in [2.75, 3.05) is 29.6 Å². The minimum atomic E-state index is -3.37. The Balaban J connectivity index is 1.70. The smallest absolute Gasteiger partial charge is 0.229 e. The largest absolute Gasteiger partial charge is 0.381 e. The second kappa shape index (κ2) is 8.33. The van der Waals surface area contributed by atoms with E-state index in [9.17, 15) is 8.42 Å². The zero-order valence-corrected chi connectivity index (χ0v) is 15.8. The van der Waals surface area contributed by atoms with Gasteiger partial charge in [0.1, 0.15) is 17.5 Å². The van der Waals surface area contributed by atoms with Gasteiger partial charge in [-0.15, -0.1) is 0 Å².